The van der Waals surface area contributed by atoms with Crippen molar-refractivity contribution in [1.29, 1.82) is 0 Å². The fourth-order valence-electron chi connectivity index (χ4n) is 3.27. The van der Waals surface area contributed by atoms with Gasteiger partial charge in [-0.3, -0.25) is 4.68 Å². The van der Waals surface area contributed by atoms with Gasteiger partial charge < -0.3 is 5.32 Å². The lowest BCUT2D eigenvalue weighted by Gasteiger charge is -2.27. The number of halogens is 1. The minimum absolute atomic E-state index is 0.603. The molecule has 3 nitrogen and oxygen atoms in total. The number of aryl methyl sites for hydroxylation is 1. The first-order valence-electron chi connectivity index (χ1n) is 7.72. The normalized spacial score (nSPS) is 24.4. The Morgan fingerprint density at radius 1 is 1.32 bits per heavy atom. The molecule has 4 heteroatoms. The predicted octanol–water partition coefficient (Wildman–Crippen LogP) is 4.08. The first-order valence-corrected chi connectivity index (χ1v) is 8.51. The number of aromatic nitrogens is 2. The average Bonchev–Trinajstić information content (AvgIpc) is 2.62. The second-order valence-electron chi connectivity index (χ2n) is 5.51. The van der Waals surface area contributed by atoms with Gasteiger partial charge in [-0.25, -0.2) is 0 Å². The number of rotatable bonds is 5. The summed E-state index contributed by atoms with van der Waals surface area (Å²) in [4.78, 5) is 0. The van der Waals surface area contributed by atoms with E-state index in [1.807, 2.05) is 6.20 Å². The Labute approximate surface area is 125 Å². The highest BCUT2D eigenvalue weighted by Crippen LogP contribution is 2.35. The van der Waals surface area contributed by atoms with E-state index in [2.05, 4.69) is 44.9 Å². The molecule has 1 aromatic rings. The topological polar surface area (TPSA) is 29.9 Å². The lowest BCUT2D eigenvalue weighted by molar-refractivity contribution is 0.393. The van der Waals surface area contributed by atoms with Crippen LogP contribution in [0.1, 0.15) is 64.0 Å². The van der Waals surface area contributed by atoms with Crippen molar-refractivity contribution >= 4 is 15.9 Å². The fourth-order valence-corrected chi connectivity index (χ4v) is 3.86. The molecule has 1 aliphatic rings. The summed E-state index contributed by atoms with van der Waals surface area (Å²) in [6.07, 6.45) is 9.76. The monoisotopic (exact) mass is 327 g/mol. The lowest BCUT2D eigenvalue weighted by atomic mass is 9.91. The molecule has 0 bridgehead atoms. The third-order valence-electron chi connectivity index (χ3n) is 4.10. The van der Waals surface area contributed by atoms with Crippen LogP contribution in [-0.2, 0) is 6.54 Å². The van der Waals surface area contributed by atoms with Crippen LogP contribution in [0.15, 0.2) is 10.7 Å². The van der Waals surface area contributed by atoms with Crippen LogP contribution in [0.5, 0.6) is 0 Å². The first-order chi connectivity index (χ1) is 9.27. The summed E-state index contributed by atoms with van der Waals surface area (Å²) in [7, 11) is 0. The quantitative estimate of drug-likeness (QED) is 0.826. The first kappa shape index (κ1) is 15.0. The van der Waals surface area contributed by atoms with Crippen LogP contribution in [0.4, 0.5) is 0 Å². The van der Waals surface area contributed by atoms with Gasteiger partial charge in [-0.05, 0) is 41.7 Å². The molecule has 0 spiro atoms. The molecule has 19 heavy (non-hydrogen) atoms. The molecule has 1 aliphatic carbocycles. The van der Waals surface area contributed by atoms with Crippen molar-refractivity contribution in [2.45, 2.75) is 70.9 Å². The highest BCUT2D eigenvalue weighted by atomic mass is 79.9. The zero-order valence-corrected chi connectivity index (χ0v) is 13.7. The molecule has 2 unspecified atom stereocenters. The van der Waals surface area contributed by atoms with E-state index >= 15 is 0 Å². The van der Waals surface area contributed by atoms with E-state index in [-0.39, 0.29) is 0 Å². The minimum Gasteiger partial charge on any atom is -0.314 e. The van der Waals surface area contributed by atoms with Crippen molar-refractivity contribution < 1.29 is 0 Å². The Kier molecular flexibility index (Phi) is 5.89. The van der Waals surface area contributed by atoms with Gasteiger partial charge in [0.1, 0.15) is 0 Å². The van der Waals surface area contributed by atoms with Gasteiger partial charge in [0.25, 0.3) is 0 Å². The molecular weight excluding hydrogens is 302 g/mol. The molecule has 2 rings (SSSR count). The van der Waals surface area contributed by atoms with E-state index in [0.717, 1.165) is 19.5 Å². The van der Waals surface area contributed by atoms with E-state index < -0.39 is 0 Å². The van der Waals surface area contributed by atoms with Crippen molar-refractivity contribution in [3.63, 3.8) is 0 Å². The predicted molar refractivity (Wildman–Crippen MR) is 83.5 cm³/mol. The summed E-state index contributed by atoms with van der Waals surface area (Å²) in [5, 5.41) is 8.25. The minimum atomic E-state index is 0.603. The maximum absolute atomic E-state index is 4.55. The lowest BCUT2D eigenvalue weighted by Crippen LogP contribution is -2.35. The Morgan fingerprint density at radius 2 is 2.11 bits per heavy atom. The van der Waals surface area contributed by atoms with Crippen LogP contribution in [-0.4, -0.2) is 22.4 Å². The van der Waals surface area contributed by atoms with E-state index in [0.29, 0.717) is 12.0 Å². The second kappa shape index (κ2) is 7.44. The van der Waals surface area contributed by atoms with Gasteiger partial charge in [-0.15, -0.1) is 0 Å². The molecule has 1 N–H and O–H groups in total. The van der Waals surface area contributed by atoms with Crippen LogP contribution in [0, 0.1) is 0 Å². The molecule has 0 aromatic carbocycles. The summed E-state index contributed by atoms with van der Waals surface area (Å²) in [5.74, 6) is 0.603. The number of likely N-dealkylation sites (N-methyl/N-ethyl adjacent to an activating group) is 1. The summed E-state index contributed by atoms with van der Waals surface area (Å²) in [6.45, 7) is 6.51. The zero-order chi connectivity index (χ0) is 13.7. The van der Waals surface area contributed by atoms with Crippen LogP contribution < -0.4 is 5.32 Å². The van der Waals surface area contributed by atoms with E-state index in [1.165, 1.54) is 42.3 Å². The average molecular weight is 328 g/mol. The van der Waals surface area contributed by atoms with Gasteiger partial charge in [-0.1, -0.05) is 33.1 Å². The molecule has 0 saturated heterocycles. The van der Waals surface area contributed by atoms with Crippen molar-refractivity contribution in [1.82, 2.24) is 15.1 Å². The Balaban J connectivity index is 2.27. The standard InChI is InChI=1S/C15H26BrN3/c1-3-10-19-15(13(16)11-18-19)12-8-6-5-7-9-14(12)17-4-2/h11-12,14,17H,3-10H2,1-2H3. The maximum atomic E-state index is 4.55. The Morgan fingerprint density at radius 3 is 2.84 bits per heavy atom. The van der Waals surface area contributed by atoms with Gasteiger partial charge in [-0.2, -0.15) is 5.10 Å². The molecule has 1 heterocycles. The fraction of sp³-hybridized carbons (Fsp3) is 0.800. The van der Waals surface area contributed by atoms with E-state index in [9.17, 15) is 0 Å². The van der Waals surface area contributed by atoms with Crippen LogP contribution in [0.3, 0.4) is 0 Å². The zero-order valence-electron chi connectivity index (χ0n) is 12.2. The smallest absolute Gasteiger partial charge is 0.0635 e. The summed E-state index contributed by atoms with van der Waals surface area (Å²) in [6, 6.07) is 0.608. The van der Waals surface area contributed by atoms with Gasteiger partial charge in [0, 0.05) is 18.5 Å². The largest absolute Gasteiger partial charge is 0.314 e. The molecule has 1 saturated carbocycles. The molecule has 1 aromatic heterocycles. The van der Waals surface area contributed by atoms with Crippen molar-refractivity contribution in [2.24, 2.45) is 0 Å². The SMILES string of the molecule is CCCn1ncc(Br)c1C1CCCCCC1NCC. The highest BCUT2D eigenvalue weighted by Gasteiger charge is 2.28. The third kappa shape index (κ3) is 3.60. The summed E-state index contributed by atoms with van der Waals surface area (Å²) < 4.78 is 3.40. The van der Waals surface area contributed by atoms with Crippen molar-refractivity contribution in [3.05, 3.63) is 16.4 Å². The maximum Gasteiger partial charge on any atom is 0.0635 e. The second-order valence-corrected chi connectivity index (χ2v) is 6.36. The highest BCUT2D eigenvalue weighted by molar-refractivity contribution is 9.10. The Hall–Kier alpha value is -0.350. The molecule has 2 atom stereocenters. The van der Waals surface area contributed by atoms with Crippen molar-refractivity contribution in [2.75, 3.05) is 6.54 Å². The van der Waals surface area contributed by atoms with Gasteiger partial charge in [0.15, 0.2) is 0 Å². The van der Waals surface area contributed by atoms with Crippen LogP contribution in [0.25, 0.3) is 0 Å². The van der Waals surface area contributed by atoms with Gasteiger partial charge in [0.05, 0.1) is 16.4 Å². The van der Waals surface area contributed by atoms with Crippen LogP contribution in [0.2, 0.25) is 0 Å². The van der Waals surface area contributed by atoms with E-state index in [1.54, 1.807) is 0 Å². The molecule has 0 aliphatic heterocycles. The van der Waals surface area contributed by atoms with Gasteiger partial charge in [0.2, 0.25) is 0 Å². The summed E-state index contributed by atoms with van der Waals surface area (Å²) in [5.41, 5.74) is 1.41. The number of hydrogen-bond donors (Lipinski definition) is 1. The third-order valence-corrected chi connectivity index (χ3v) is 4.71. The molecule has 0 radical (unpaired) electrons. The Bertz CT molecular complexity index is 389. The molecule has 108 valence electrons. The van der Waals surface area contributed by atoms with Gasteiger partial charge >= 0.3 is 0 Å². The summed E-state index contributed by atoms with van der Waals surface area (Å²) >= 11 is 3.72. The van der Waals surface area contributed by atoms with E-state index in [4.69, 9.17) is 0 Å². The molecule has 1 fully saturated rings. The number of nitrogens with zero attached hydrogens (tertiary/aromatic N) is 2. The van der Waals surface area contributed by atoms with Crippen molar-refractivity contribution in [3.8, 4) is 0 Å². The number of hydrogen-bond acceptors (Lipinski definition) is 2. The van der Waals surface area contributed by atoms with Crippen LogP contribution >= 0.6 is 15.9 Å². The number of nitrogens with one attached hydrogen (secondary N) is 1. The molecular formula is C15H26BrN3. The molecule has 0 amide bonds.